The Morgan fingerprint density at radius 1 is 1.64 bits per heavy atom. The van der Waals surface area contributed by atoms with Crippen molar-refractivity contribution < 1.29 is 4.79 Å². The molecule has 1 aliphatic heterocycles. The average molecular weight is 151 g/mol. The molecular weight excluding hydrogens is 142 g/mol. The summed E-state index contributed by atoms with van der Waals surface area (Å²) in [7, 11) is 1.86. The van der Waals surface area contributed by atoms with Crippen molar-refractivity contribution in [3.63, 3.8) is 0 Å². The van der Waals surface area contributed by atoms with E-state index in [-0.39, 0.29) is 0 Å². The zero-order chi connectivity index (χ0) is 7.84. The van der Waals surface area contributed by atoms with E-state index in [0.717, 1.165) is 30.8 Å². The largest absolute Gasteiger partial charge is 0.327 e. The van der Waals surface area contributed by atoms with Gasteiger partial charge in [0.25, 0.3) is 0 Å². The minimum absolute atomic E-state index is 0.525. The summed E-state index contributed by atoms with van der Waals surface area (Å²) in [6, 6.07) is 0. The van der Waals surface area contributed by atoms with Crippen LogP contribution < -0.4 is 5.32 Å². The standard InChI is InChI=1S/C7H9N3O/c1-10-6-3-8-2-5(6)9-7(10)4-11/h4,8H,2-3H2,1H3. The van der Waals surface area contributed by atoms with Crippen molar-refractivity contribution in [2.24, 2.45) is 7.05 Å². The molecular formula is C7H9N3O. The maximum atomic E-state index is 10.4. The van der Waals surface area contributed by atoms with Gasteiger partial charge in [-0.1, -0.05) is 0 Å². The summed E-state index contributed by atoms with van der Waals surface area (Å²) in [5.74, 6) is 0.525. The number of nitrogens with one attached hydrogen (secondary N) is 1. The molecule has 1 aromatic rings. The van der Waals surface area contributed by atoms with E-state index < -0.39 is 0 Å². The second kappa shape index (κ2) is 2.17. The molecule has 0 fully saturated rings. The number of fused-ring (bicyclic) bond motifs is 1. The number of carbonyl (C=O) groups excluding carboxylic acids is 1. The fourth-order valence-electron chi connectivity index (χ4n) is 1.38. The fraction of sp³-hybridized carbons (Fsp3) is 0.429. The highest BCUT2D eigenvalue weighted by Crippen LogP contribution is 2.13. The van der Waals surface area contributed by atoms with Crippen LogP contribution in [0, 0.1) is 0 Å². The molecule has 0 aliphatic carbocycles. The third kappa shape index (κ3) is 0.793. The summed E-state index contributed by atoms with van der Waals surface area (Å²) < 4.78 is 1.84. The van der Waals surface area contributed by atoms with Gasteiger partial charge in [-0.05, 0) is 0 Å². The van der Waals surface area contributed by atoms with Gasteiger partial charge in [0.15, 0.2) is 12.1 Å². The highest BCUT2D eigenvalue weighted by Gasteiger charge is 2.17. The van der Waals surface area contributed by atoms with Gasteiger partial charge in [-0.2, -0.15) is 0 Å². The van der Waals surface area contributed by atoms with Crippen LogP contribution in [-0.2, 0) is 20.1 Å². The summed E-state index contributed by atoms with van der Waals surface area (Å²) in [6.07, 6.45) is 0.790. The minimum Gasteiger partial charge on any atom is -0.327 e. The number of hydrogen-bond donors (Lipinski definition) is 1. The highest BCUT2D eigenvalue weighted by molar-refractivity contribution is 5.70. The molecule has 0 amide bonds. The van der Waals surface area contributed by atoms with E-state index >= 15 is 0 Å². The molecule has 58 valence electrons. The molecule has 4 nitrogen and oxygen atoms in total. The van der Waals surface area contributed by atoms with Crippen LogP contribution in [0.25, 0.3) is 0 Å². The van der Waals surface area contributed by atoms with Gasteiger partial charge in [0.2, 0.25) is 0 Å². The van der Waals surface area contributed by atoms with Crippen LogP contribution in [0.4, 0.5) is 0 Å². The van der Waals surface area contributed by atoms with Crippen LogP contribution in [-0.4, -0.2) is 15.8 Å². The van der Waals surface area contributed by atoms with Crippen LogP contribution >= 0.6 is 0 Å². The number of rotatable bonds is 1. The number of aldehydes is 1. The zero-order valence-electron chi connectivity index (χ0n) is 6.29. The van der Waals surface area contributed by atoms with Crippen LogP contribution in [0.15, 0.2) is 0 Å². The minimum atomic E-state index is 0.525. The third-order valence-electron chi connectivity index (χ3n) is 2.02. The van der Waals surface area contributed by atoms with Crippen molar-refractivity contribution in [1.29, 1.82) is 0 Å². The molecule has 0 spiro atoms. The number of nitrogens with zero attached hydrogens (tertiary/aromatic N) is 2. The fourth-order valence-corrected chi connectivity index (χ4v) is 1.38. The first-order valence-electron chi connectivity index (χ1n) is 3.53. The lowest BCUT2D eigenvalue weighted by atomic mass is 10.4. The maximum Gasteiger partial charge on any atom is 0.185 e. The lowest BCUT2D eigenvalue weighted by molar-refractivity contribution is 0.111. The zero-order valence-corrected chi connectivity index (χ0v) is 6.29. The molecule has 0 bridgehead atoms. The second-order valence-electron chi connectivity index (χ2n) is 2.64. The Morgan fingerprint density at radius 2 is 2.45 bits per heavy atom. The number of imidazole rings is 1. The van der Waals surface area contributed by atoms with Crippen molar-refractivity contribution in [2.45, 2.75) is 13.1 Å². The smallest absolute Gasteiger partial charge is 0.185 e. The van der Waals surface area contributed by atoms with Crippen LogP contribution in [0.2, 0.25) is 0 Å². The summed E-state index contributed by atoms with van der Waals surface area (Å²) in [5.41, 5.74) is 2.14. The lowest BCUT2D eigenvalue weighted by Crippen LogP contribution is -2.07. The number of aromatic nitrogens is 2. The van der Waals surface area contributed by atoms with Crippen molar-refractivity contribution >= 4 is 6.29 Å². The Morgan fingerprint density at radius 3 is 3.09 bits per heavy atom. The van der Waals surface area contributed by atoms with E-state index in [4.69, 9.17) is 0 Å². The van der Waals surface area contributed by atoms with Crippen LogP contribution in [0.1, 0.15) is 22.0 Å². The average Bonchev–Trinajstić information content (AvgIpc) is 2.53. The Kier molecular flexibility index (Phi) is 1.29. The predicted octanol–water partition coefficient (Wildman–Crippen LogP) is -0.164. The van der Waals surface area contributed by atoms with E-state index in [1.165, 1.54) is 0 Å². The van der Waals surface area contributed by atoms with Gasteiger partial charge in [-0.15, -0.1) is 0 Å². The summed E-state index contributed by atoms with van der Waals surface area (Å²) >= 11 is 0. The normalized spacial score (nSPS) is 15.0. The molecule has 1 aliphatic rings. The maximum absolute atomic E-state index is 10.4. The molecule has 0 aromatic carbocycles. The van der Waals surface area contributed by atoms with Gasteiger partial charge in [0, 0.05) is 20.1 Å². The van der Waals surface area contributed by atoms with E-state index in [2.05, 4.69) is 10.3 Å². The van der Waals surface area contributed by atoms with Crippen LogP contribution in [0.5, 0.6) is 0 Å². The van der Waals surface area contributed by atoms with Gasteiger partial charge in [-0.25, -0.2) is 4.98 Å². The van der Waals surface area contributed by atoms with Crippen molar-refractivity contribution in [3.8, 4) is 0 Å². The molecule has 1 aromatic heterocycles. The van der Waals surface area contributed by atoms with Gasteiger partial charge >= 0.3 is 0 Å². The van der Waals surface area contributed by atoms with Gasteiger partial charge < -0.3 is 9.88 Å². The third-order valence-corrected chi connectivity index (χ3v) is 2.02. The molecule has 4 heteroatoms. The highest BCUT2D eigenvalue weighted by atomic mass is 16.1. The second-order valence-corrected chi connectivity index (χ2v) is 2.64. The molecule has 0 saturated heterocycles. The molecule has 0 unspecified atom stereocenters. The van der Waals surface area contributed by atoms with Gasteiger partial charge in [0.05, 0.1) is 11.4 Å². The lowest BCUT2D eigenvalue weighted by Gasteiger charge is -1.97. The summed E-state index contributed by atoms with van der Waals surface area (Å²) in [5, 5.41) is 3.16. The quantitative estimate of drug-likeness (QED) is 0.567. The SMILES string of the molecule is Cn1c(C=O)nc2c1CNC2. The Balaban J connectivity index is 2.57. The molecule has 2 heterocycles. The monoisotopic (exact) mass is 151 g/mol. The van der Waals surface area contributed by atoms with Crippen molar-refractivity contribution in [1.82, 2.24) is 14.9 Å². The first-order chi connectivity index (χ1) is 5.33. The molecule has 11 heavy (non-hydrogen) atoms. The van der Waals surface area contributed by atoms with Crippen molar-refractivity contribution in [2.75, 3.05) is 0 Å². The van der Waals surface area contributed by atoms with E-state index in [1.54, 1.807) is 0 Å². The molecule has 1 N–H and O–H groups in total. The Hall–Kier alpha value is -1.16. The van der Waals surface area contributed by atoms with Gasteiger partial charge in [0.1, 0.15) is 0 Å². The summed E-state index contributed by atoms with van der Waals surface area (Å²) in [6.45, 7) is 1.61. The summed E-state index contributed by atoms with van der Waals surface area (Å²) in [4.78, 5) is 14.6. The number of carbonyl (C=O) groups is 1. The Bertz CT molecular complexity index is 303. The first kappa shape index (κ1) is 6.54. The predicted molar refractivity (Wildman–Crippen MR) is 39.1 cm³/mol. The molecule has 0 atom stereocenters. The molecule has 0 saturated carbocycles. The Labute approximate surface area is 64.2 Å². The van der Waals surface area contributed by atoms with E-state index in [9.17, 15) is 4.79 Å². The molecule has 2 rings (SSSR count). The van der Waals surface area contributed by atoms with E-state index in [1.807, 2.05) is 11.6 Å². The van der Waals surface area contributed by atoms with Gasteiger partial charge in [-0.3, -0.25) is 4.79 Å². The van der Waals surface area contributed by atoms with Crippen LogP contribution in [0.3, 0.4) is 0 Å². The number of hydrogen-bond acceptors (Lipinski definition) is 3. The van der Waals surface area contributed by atoms with E-state index in [0.29, 0.717) is 5.82 Å². The molecule has 0 radical (unpaired) electrons. The topological polar surface area (TPSA) is 46.9 Å². The first-order valence-corrected chi connectivity index (χ1v) is 3.53. The van der Waals surface area contributed by atoms with Crippen molar-refractivity contribution in [3.05, 3.63) is 17.2 Å².